The maximum atomic E-state index is 12.8. The minimum Gasteiger partial charge on any atom is -0.547 e. The fourth-order valence-electron chi connectivity index (χ4n) is 3.64. The molecule has 0 aliphatic carbocycles. The second-order valence-corrected chi connectivity index (χ2v) is 8.97. The van der Waals surface area contributed by atoms with Gasteiger partial charge in [-0.1, -0.05) is 60.1 Å². The molecule has 3 aromatic carbocycles. The summed E-state index contributed by atoms with van der Waals surface area (Å²) in [6.45, 7) is -0.160. The summed E-state index contributed by atoms with van der Waals surface area (Å²) in [5, 5.41) is 26.6. The summed E-state index contributed by atoms with van der Waals surface area (Å²) in [6, 6.07) is 23.3. The Morgan fingerprint density at radius 3 is 2.44 bits per heavy atom. The van der Waals surface area contributed by atoms with Gasteiger partial charge in [0, 0.05) is 18.1 Å². The molecule has 0 bridgehead atoms. The Morgan fingerprint density at radius 2 is 1.77 bits per heavy atom. The van der Waals surface area contributed by atoms with E-state index < -0.39 is 24.5 Å². The number of carboxylic acid groups (broad SMARTS) is 1. The van der Waals surface area contributed by atoms with Gasteiger partial charge in [0.1, 0.15) is 18.5 Å². The summed E-state index contributed by atoms with van der Waals surface area (Å²) < 4.78 is 15.8. The van der Waals surface area contributed by atoms with Gasteiger partial charge in [-0.3, -0.25) is 10.2 Å². The second kappa shape index (κ2) is 12.9. The van der Waals surface area contributed by atoms with E-state index in [1.165, 1.54) is 11.1 Å². The molecule has 0 aliphatic rings. The van der Waals surface area contributed by atoms with E-state index in [0.717, 1.165) is 22.3 Å². The van der Waals surface area contributed by atoms with Gasteiger partial charge in [0.05, 0.1) is 19.1 Å². The summed E-state index contributed by atoms with van der Waals surface area (Å²) in [6.07, 6.45) is -1.84. The van der Waals surface area contributed by atoms with Crippen molar-refractivity contribution in [2.24, 2.45) is 0 Å². The number of hydrazine groups is 1. The number of carbonyl (C=O) groups excluding carboxylic acids is 2. The van der Waals surface area contributed by atoms with Crippen LogP contribution in [0.3, 0.4) is 0 Å². The average molecular weight is 551 g/mol. The molecule has 39 heavy (non-hydrogen) atoms. The number of nitrogens with zero attached hydrogens (tertiary/aromatic N) is 2. The number of ether oxygens (including phenoxy) is 2. The SMILES string of the molecule is COc1ccc(COc2cc(C(=O)NN(Cc3ccc(-c4cccc(Cl)c4)cc3)C[C@@H](O)C(=O)[O-])on2)cc1. The van der Waals surface area contributed by atoms with Crippen LogP contribution in [0.2, 0.25) is 5.02 Å². The van der Waals surface area contributed by atoms with Crippen molar-refractivity contribution < 1.29 is 33.8 Å². The lowest BCUT2D eigenvalue weighted by molar-refractivity contribution is -0.315. The van der Waals surface area contributed by atoms with Crippen LogP contribution in [0.1, 0.15) is 21.7 Å². The van der Waals surface area contributed by atoms with Gasteiger partial charge in [0.25, 0.3) is 5.88 Å². The molecule has 1 atom stereocenters. The molecule has 202 valence electrons. The largest absolute Gasteiger partial charge is 0.547 e. The molecule has 1 aromatic heterocycles. The van der Waals surface area contributed by atoms with E-state index in [-0.39, 0.29) is 24.8 Å². The van der Waals surface area contributed by atoms with Crippen molar-refractivity contribution in [2.45, 2.75) is 19.3 Å². The average Bonchev–Trinajstić information content (AvgIpc) is 3.42. The Bertz CT molecular complexity index is 1410. The number of aliphatic carboxylic acids is 1. The van der Waals surface area contributed by atoms with Gasteiger partial charge in [-0.25, -0.2) is 5.01 Å². The minimum absolute atomic E-state index is 0.0842. The van der Waals surface area contributed by atoms with Gasteiger partial charge >= 0.3 is 5.91 Å². The molecular weight excluding hydrogens is 526 g/mol. The van der Waals surface area contributed by atoms with E-state index >= 15 is 0 Å². The number of hydrogen-bond acceptors (Lipinski definition) is 9. The molecule has 0 spiro atoms. The van der Waals surface area contributed by atoms with E-state index in [0.29, 0.717) is 10.8 Å². The smallest absolute Gasteiger partial charge is 0.304 e. The van der Waals surface area contributed by atoms with Crippen LogP contribution in [-0.2, 0) is 17.9 Å². The van der Waals surface area contributed by atoms with Crippen molar-refractivity contribution in [1.29, 1.82) is 0 Å². The lowest BCUT2D eigenvalue weighted by Crippen LogP contribution is -2.50. The number of methoxy groups -OCH3 is 1. The highest BCUT2D eigenvalue weighted by Gasteiger charge is 2.20. The number of aliphatic hydroxyl groups excluding tert-OH is 1. The van der Waals surface area contributed by atoms with Crippen LogP contribution < -0.4 is 20.0 Å². The Kier molecular flexibility index (Phi) is 9.16. The molecular formula is C28H25ClN3O7-. The van der Waals surface area contributed by atoms with Crippen LogP contribution in [0.5, 0.6) is 11.6 Å². The quantitative estimate of drug-likeness (QED) is 0.255. The number of hydrogen-bond donors (Lipinski definition) is 2. The molecule has 0 fully saturated rings. The predicted molar refractivity (Wildman–Crippen MR) is 140 cm³/mol. The normalized spacial score (nSPS) is 11.7. The highest BCUT2D eigenvalue weighted by atomic mass is 35.5. The molecule has 1 heterocycles. The predicted octanol–water partition coefficient (Wildman–Crippen LogP) is 2.84. The number of halogens is 1. The van der Waals surface area contributed by atoms with Crippen molar-refractivity contribution in [3.05, 3.63) is 101 Å². The number of carboxylic acids is 1. The lowest BCUT2D eigenvalue weighted by Gasteiger charge is -2.25. The van der Waals surface area contributed by atoms with Crippen LogP contribution in [0, 0.1) is 0 Å². The Morgan fingerprint density at radius 1 is 1.05 bits per heavy atom. The zero-order valence-electron chi connectivity index (χ0n) is 20.9. The molecule has 2 N–H and O–H groups in total. The van der Waals surface area contributed by atoms with Crippen LogP contribution in [-0.4, -0.2) is 46.9 Å². The maximum absolute atomic E-state index is 12.8. The third-order valence-corrected chi connectivity index (χ3v) is 5.90. The highest BCUT2D eigenvalue weighted by Crippen LogP contribution is 2.23. The van der Waals surface area contributed by atoms with Crippen LogP contribution in [0.4, 0.5) is 0 Å². The minimum atomic E-state index is -1.84. The van der Waals surface area contributed by atoms with Crippen molar-refractivity contribution in [3.8, 4) is 22.8 Å². The molecule has 11 heteroatoms. The number of aromatic nitrogens is 1. The number of nitrogens with one attached hydrogen (secondary N) is 1. The Labute approximate surface area is 229 Å². The van der Waals surface area contributed by atoms with Crippen molar-refractivity contribution in [2.75, 3.05) is 13.7 Å². The van der Waals surface area contributed by atoms with E-state index in [2.05, 4.69) is 10.6 Å². The van der Waals surface area contributed by atoms with Gasteiger partial charge in [0.2, 0.25) is 5.76 Å². The van der Waals surface area contributed by atoms with Crippen molar-refractivity contribution in [1.82, 2.24) is 15.6 Å². The second-order valence-electron chi connectivity index (χ2n) is 8.53. The monoisotopic (exact) mass is 550 g/mol. The third kappa shape index (κ3) is 7.81. The molecule has 0 saturated carbocycles. The van der Waals surface area contributed by atoms with E-state index in [4.69, 9.17) is 25.6 Å². The topological polar surface area (TPSA) is 137 Å². The first-order chi connectivity index (χ1) is 18.8. The number of benzene rings is 3. The van der Waals surface area contributed by atoms with Crippen LogP contribution >= 0.6 is 11.6 Å². The maximum Gasteiger partial charge on any atom is 0.304 e. The van der Waals surface area contributed by atoms with Gasteiger partial charge in [-0.15, -0.1) is 0 Å². The number of rotatable bonds is 12. The van der Waals surface area contributed by atoms with Crippen LogP contribution in [0.15, 0.2) is 83.4 Å². The number of carbonyl (C=O) groups is 2. The molecule has 10 nitrogen and oxygen atoms in total. The fourth-order valence-corrected chi connectivity index (χ4v) is 3.83. The van der Waals surface area contributed by atoms with Crippen molar-refractivity contribution in [3.63, 3.8) is 0 Å². The Hall–Kier alpha value is -4.38. The molecule has 1 amide bonds. The van der Waals surface area contributed by atoms with E-state index in [1.807, 2.05) is 54.6 Å². The highest BCUT2D eigenvalue weighted by molar-refractivity contribution is 6.30. The first-order valence-corrected chi connectivity index (χ1v) is 12.2. The third-order valence-electron chi connectivity index (χ3n) is 5.67. The molecule has 4 rings (SSSR count). The Balaban J connectivity index is 1.40. The van der Waals surface area contributed by atoms with Gasteiger partial charge in [-0.2, -0.15) is 0 Å². The first-order valence-electron chi connectivity index (χ1n) is 11.8. The van der Waals surface area contributed by atoms with Gasteiger partial charge < -0.3 is 29.0 Å². The molecule has 0 unspecified atom stereocenters. The first kappa shape index (κ1) is 27.6. The van der Waals surface area contributed by atoms with Gasteiger partial charge in [-0.05, 0) is 51.7 Å². The summed E-state index contributed by atoms with van der Waals surface area (Å²) in [7, 11) is 1.58. The summed E-state index contributed by atoms with van der Waals surface area (Å²) >= 11 is 6.08. The molecule has 0 radical (unpaired) electrons. The van der Waals surface area contributed by atoms with E-state index in [1.54, 1.807) is 25.3 Å². The lowest BCUT2D eigenvalue weighted by atomic mass is 10.0. The fraction of sp³-hybridized carbons (Fsp3) is 0.179. The zero-order chi connectivity index (χ0) is 27.8. The number of aliphatic hydroxyl groups is 1. The summed E-state index contributed by atoms with van der Waals surface area (Å²) in [4.78, 5) is 23.9. The summed E-state index contributed by atoms with van der Waals surface area (Å²) in [5.74, 6) is -1.73. The molecule has 0 aliphatic heterocycles. The van der Waals surface area contributed by atoms with Crippen molar-refractivity contribution >= 4 is 23.5 Å². The molecule has 4 aromatic rings. The summed E-state index contributed by atoms with van der Waals surface area (Å²) in [5.41, 5.74) is 6.00. The zero-order valence-corrected chi connectivity index (χ0v) is 21.6. The standard InChI is InChI=1S/C28H26ClN3O7/c1-37-23-11-7-19(8-12-23)17-38-26-14-25(39-31-26)27(34)30-32(16-24(33)28(35)36)15-18-5-9-20(10-6-18)21-3-2-4-22(29)13-21/h2-14,24,33H,15-17H2,1H3,(H,30,34)(H,35,36)/p-1/t24-/m1/s1. The molecule has 0 saturated heterocycles. The van der Waals surface area contributed by atoms with E-state index in [9.17, 15) is 19.8 Å². The van der Waals surface area contributed by atoms with Crippen LogP contribution in [0.25, 0.3) is 11.1 Å². The number of amides is 1. The van der Waals surface area contributed by atoms with Gasteiger partial charge in [0.15, 0.2) is 0 Å².